The number of hydrogen-bond donors (Lipinski definition) is 1. The average Bonchev–Trinajstić information content (AvgIpc) is 2.62. The van der Waals surface area contributed by atoms with Gasteiger partial charge in [0.05, 0.1) is 0 Å². The molecule has 1 saturated heterocycles. The topological polar surface area (TPSA) is 41.6 Å². The number of halogens is 1. The Hall–Kier alpha value is -2.04. The highest BCUT2D eigenvalue weighted by atomic mass is 35.5. The number of hydrogen-bond acceptors (Lipinski definition) is 3. The summed E-state index contributed by atoms with van der Waals surface area (Å²) in [5.74, 6) is 1.43. The van der Waals surface area contributed by atoms with Gasteiger partial charge in [0.15, 0.2) is 0 Å². The molecule has 0 bridgehead atoms. The molecule has 1 atom stereocenters. The highest BCUT2D eigenvalue weighted by molar-refractivity contribution is 6.30. The van der Waals surface area contributed by atoms with Crippen LogP contribution in [-0.4, -0.2) is 37.0 Å². The maximum absolute atomic E-state index is 12.6. The molecule has 2 aromatic carbocycles. The van der Waals surface area contributed by atoms with Crippen molar-refractivity contribution in [1.29, 1.82) is 0 Å². The maximum Gasteiger partial charge on any atom is 0.253 e. The van der Waals surface area contributed by atoms with Crippen LogP contribution in [0.5, 0.6) is 11.5 Å². The average molecular weight is 345 g/mol. The molecule has 0 aromatic heterocycles. The number of nitrogens with zero attached hydrogens (tertiary/aromatic N) is 1. The first kappa shape index (κ1) is 16.8. The van der Waals surface area contributed by atoms with Crippen molar-refractivity contribution in [3.8, 4) is 11.5 Å². The van der Waals surface area contributed by atoms with Gasteiger partial charge in [-0.2, -0.15) is 0 Å². The lowest BCUT2D eigenvalue weighted by Gasteiger charge is -2.32. The molecule has 126 valence electrons. The second-order valence-electron chi connectivity index (χ2n) is 5.96. The van der Waals surface area contributed by atoms with Gasteiger partial charge in [-0.15, -0.1) is 0 Å². The first-order valence-electron chi connectivity index (χ1n) is 8.16. The summed E-state index contributed by atoms with van der Waals surface area (Å²) in [4.78, 5) is 14.5. The number of carbonyl (C=O) groups is 1. The standard InChI is InChI=1S/C19H21ClN2O2/c1-21-16-5-3-11-22(13-16)19(23)14-7-9-17(10-8-14)24-18-6-2-4-15(20)12-18/h2,4,6-10,12,16,21H,3,5,11,13H2,1H3. The largest absolute Gasteiger partial charge is 0.457 e. The van der Waals surface area contributed by atoms with Gasteiger partial charge in [-0.1, -0.05) is 17.7 Å². The van der Waals surface area contributed by atoms with Gasteiger partial charge in [-0.3, -0.25) is 4.79 Å². The third-order valence-electron chi connectivity index (χ3n) is 4.25. The zero-order valence-electron chi connectivity index (χ0n) is 13.7. The molecular formula is C19H21ClN2O2. The number of amides is 1. The summed E-state index contributed by atoms with van der Waals surface area (Å²) in [6, 6.07) is 14.9. The van der Waals surface area contributed by atoms with Crippen LogP contribution in [-0.2, 0) is 0 Å². The van der Waals surface area contributed by atoms with Gasteiger partial charge in [0.25, 0.3) is 5.91 Å². The molecule has 1 aliphatic heterocycles. The summed E-state index contributed by atoms with van der Waals surface area (Å²) in [6.07, 6.45) is 2.15. The molecule has 1 amide bonds. The van der Waals surface area contributed by atoms with Crippen molar-refractivity contribution in [3.63, 3.8) is 0 Å². The fourth-order valence-corrected chi connectivity index (χ4v) is 3.09. The Labute approximate surface area is 147 Å². The molecule has 2 aromatic rings. The third-order valence-corrected chi connectivity index (χ3v) is 4.49. The van der Waals surface area contributed by atoms with E-state index < -0.39 is 0 Å². The molecule has 0 radical (unpaired) electrons. The van der Waals surface area contributed by atoms with Gasteiger partial charge >= 0.3 is 0 Å². The molecule has 0 aliphatic carbocycles. The van der Waals surface area contributed by atoms with E-state index in [4.69, 9.17) is 16.3 Å². The number of carbonyl (C=O) groups excluding carboxylic acids is 1. The minimum Gasteiger partial charge on any atom is -0.457 e. The fourth-order valence-electron chi connectivity index (χ4n) is 2.91. The molecule has 1 heterocycles. The molecule has 5 heteroatoms. The number of ether oxygens (including phenoxy) is 1. The minimum absolute atomic E-state index is 0.0734. The van der Waals surface area contributed by atoms with E-state index in [1.807, 2.05) is 48.3 Å². The van der Waals surface area contributed by atoms with Gasteiger partial charge in [0.2, 0.25) is 0 Å². The molecular weight excluding hydrogens is 324 g/mol. The molecule has 1 unspecified atom stereocenters. The summed E-state index contributed by atoms with van der Waals surface area (Å²) < 4.78 is 5.75. The van der Waals surface area contributed by atoms with Crippen LogP contribution < -0.4 is 10.1 Å². The lowest BCUT2D eigenvalue weighted by Crippen LogP contribution is -2.46. The number of rotatable bonds is 4. The van der Waals surface area contributed by atoms with Gasteiger partial charge in [-0.05, 0) is 62.4 Å². The molecule has 1 aliphatic rings. The van der Waals surface area contributed by atoms with Crippen LogP contribution in [0, 0.1) is 0 Å². The summed E-state index contributed by atoms with van der Waals surface area (Å²) >= 11 is 5.95. The monoisotopic (exact) mass is 344 g/mol. The highest BCUT2D eigenvalue weighted by Crippen LogP contribution is 2.25. The van der Waals surface area contributed by atoms with Gasteiger partial charge in [0.1, 0.15) is 11.5 Å². The predicted octanol–water partition coefficient (Wildman–Crippen LogP) is 3.96. The predicted molar refractivity (Wildman–Crippen MR) is 96.0 cm³/mol. The van der Waals surface area contributed by atoms with Crippen LogP contribution in [0.2, 0.25) is 5.02 Å². The Kier molecular flexibility index (Phi) is 5.38. The van der Waals surface area contributed by atoms with E-state index in [0.29, 0.717) is 28.1 Å². The Morgan fingerprint density at radius 3 is 2.71 bits per heavy atom. The van der Waals surface area contributed by atoms with Crippen molar-refractivity contribution in [1.82, 2.24) is 10.2 Å². The highest BCUT2D eigenvalue weighted by Gasteiger charge is 2.23. The zero-order chi connectivity index (χ0) is 16.9. The second-order valence-corrected chi connectivity index (χ2v) is 6.40. The Morgan fingerprint density at radius 2 is 2.00 bits per heavy atom. The molecule has 0 saturated carbocycles. The Morgan fingerprint density at radius 1 is 1.21 bits per heavy atom. The van der Waals surface area contributed by atoms with Crippen molar-refractivity contribution in [2.24, 2.45) is 0 Å². The van der Waals surface area contributed by atoms with Gasteiger partial charge in [0, 0.05) is 29.7 Å². The first-order chi connectivity index (χ1) is 11.7. The van der Waals surface area contributed by atoms with E-state index in [0.717, 1.165) is 25.9 Å². The lowest BCUT2D eigenvalue weighted by molar-refractivity contribution is 0.0698. The molecule has 0 spiro atoms. The molecule has 24 heavy (non-hydrogen) atoms. The summed E-state index contributed by atoms with van der Waals surface area (Å²) in [7, 11) is 1.95. The third kappa shape index (κ3) is 4.08. The van der Waals surface area contributed by atoms with Crippen molar-refractivity contribution in [3.05, 3.63) is 59.1 Å². The normalized spacial score (nSPS) is 17.6. The lowest BCUT2D eigenvalue weighted by atomic mass is 10.0. The van der Waals surface area contributed by atoms with E-state index in [2.05, 4.69) is 5.32 Å². The Bertz CT molecular complexity index is 703. The van der Waals surface area contributed by atoms with E-state index >= 15 is 0 Å². The zero-order valence-corrected chi connectivity index (χ0v) is 14.4. The SMILES string of the molecule is CNC1CCCN(C(=O)c2ccc(Oc3cccc(Cl)c3)cc2)C1. The maximum atomic E-state index is 12.6. The summed E-state index contributed by atoms with van der Waals surface area (Å²) in [6.45, 7) is 1.58. The van der Waals surface area contributed by atoms with Crippen LogP contribution in [0.4, 0.5) is 0 Å². The van der Waals surface area contributed by atoms with E-state index in [9.17, 15) is 4.79 Å². The fraction of sp³-hybridized carbons (Fsp3) is 0.316. The smallest absolute Gasteiger partial charge is 0.253 e. The minimum atomic E-state index is 0.0734. The number of piperidine rings is 1. The molecule has 3 rings (SSSR count). The Balaban J connectivity index is 1.66. The van der Waals surface area contributed by atoms with Gasteiger partial charge < -0.3 is 15.0 Å². The van der Waals surface area contributed by atoms with Crippen molar-refractivity contribution in [2.45, 2.75) is 18.9 Å². The number of likely N-dealkylation sites (N-methyl/N-ethyl adjacent to an activating group) is 1. The van der Waals surface area contributed by atoms with Crippen LogP contribution in [0.15, 0.2) is 48.5 Å². The molecule has 4 nitrogen and oxygen atoms in total. The molecule has 1 fully saturated rings. The molecule has 1 N–H and O–H groups in total. The summed E-state index contributed by atoms with van der Waals surface area (Å²) in [5, 5.41) is 3.88. The van der Waals surface area contributed by atoms with Crippen molar-refractivity contribution in [2.75, 3.05) is 20.1 Å². The van der Waals surface area contributed by atoms with E-state index in [1.165, 1.54) is 0 Å². The number of benzene rings is 2. The van der Waals surface area contributed by atoms with Crippen molar-refractivity contribution >= 4 is 17.5 Å². The quantitative estimate of drug-likeness (QED) is 0.912. The van der Waals surface area contributed by atoms with E-state index in [1.54, 1.807) is 12.1 Å². The van der Waals surface area contributed by atoms with Gasteiger partial charge in [-0.25, -0.2) is 0 Å². The van der Waals surface area contributed by atoms with Crippen LogP contribution in [0.1, 0.15) is 23.2 Å². The van der Waals surface area contributed by atoms with E-state index in [-0.39, 0.29) is 5.91 Å². The van der Waals surface area contributed by atoms with Crippen LogP contribution in [0.3, 0.4) is 0 Å². The second kappa shape index (κ2) is 7.69. The van der Waals surface area contributed by atoms with Crippen LogP contribution in [0.25, 0.3) is 0 Å². The van der Waals surface area contributed by atoms with Crippen LogP contribution >= 0.6 is 11.6 Å². The number of likely N-dealkylation sites (tertiary alicyclic amines) is 1. The first-order valence-corrected chi connectivity index (χ1v) is 8.53. The number of nitrogens with one attached hydrogen (secondary N) is 1. The van der Waals surface area contributed by atoms with Crippen molar-refractivity contribution < 1.29 is 9.53 Å². The summed E-state index contributed by atoms with van der Waals surface area (Å²) in [5.41, 5.74) is 0.685.